The molecule has 0 spiro atoms. The molecule has 0 saturated carbocycles. The minimum Gasteiger partial charge on any atom is -0.494 e. The summed E-state index contributed by atoms with van der Waals surface area (Å²) in [4.78, 5) is 25.5. The van der Waals surface area contributed by atoms with Crippen LogP contribution in [-0.2, 0) is 4.79 Å². The molecule has 0 aliphatic rings. The summed E-state index contributed by atoms with van der Waals surface area (Å²) < 4.78 is 5.55. The van der Waals surface area contributed by atoms with E-state index in [4.69, 9.17) is 4.74 Å². The van der Waals surface area contributed by atoms with Gasteiger partial charge in [-0.15, -0.1) is 0 Å². The average molecular weight is 417 g/mol. The first kappa shape index (κ1) is 22.1. The first-order valence-electron chi connectivity index (χ1n) is 10.5. The molecule has 0 radical (unpaired) electrons. The van der Waals surface area contributed by atoms with Gasteiger partial charge in [-0.05, 0) is 49.2 Å². The second-order valence-corrected chi connectivity index (χ2v) is 7.30. The van der Waals surface area contributed by atoms with E-state index >= 15 is 0 Å². The molecule has 0 aromatic heterocycles. The Bertz CT molecular complexity index is 990. The fraction of sp³-hybridized carbons (Fsp3) is 0.231. The number of nitrogens with one attached hydrogen (secondary N) is 2. The molecular weight excluding hydrogens is 388 g/mol. The monoisotopic (exact) mass is 416 g/mol. The first-order valence-corrected chi connectivity index (χ1v) is 10.5. The van der Waals surface area contributed by atoms with E-state index in [9.17, 15) is 9.59 Å². The lowest BCUT2D eigenvalue weighted by Gasteiger charge is -2.21. The van der Waals surface area contributed by atoms with Gasteiger partial charge in [-0.25, -0.2) is 0 Å². The van der Waals surface area contributed by atoms with Gasteiger partial charge in [-0.3, -0.25) is 9.59 Å². The number of carbonyl (C=O) groups excluding carboxylic acids is 2. The Morgan fingerprint density at radius 1 is 0.839 bits per heavy atom. The summed E-state index contributed by atoms with van der Waals surface area (Å²) in [6.07, 6.45) is 0.137. The molecule has 0 aliphatic heterocycles. The van der Waals surface area contributed by atoms with Crippen molar-refractivity contribution in [3.63, 3.8) is 0 Å². The van der Waals surface area contributed by atoms with Crippen molar-refractivity contribution in [2.75, 3.05) is 6.61 Å². The molecule has 2 amide bonds. The minimum atomic E-state index is -0.434. The number of carbonyl (C=O) groups is 2. The van der Waals surface area contributed by atoms with Crippen molar-refractivity contribution in [1.29, 1.82) is 0 Å². The highest BCUT2D eigenvalue weighted by molar-refractivity contribution is 5.94. The Kier molecular flexibility index (Phi) is 7.82. The standard InChI is InChI=1S/C26H28N2O3/c1-3-31-23-16-10-15-22(17-23)19(2)27-25(29)18-24(20-11-6-4-7-12-20)28-26(30)21-13-8-5-9-14-21/h4-17,19,24H,3,18H2,1-2H3,(H,27,29)(H,28,30)/t19-,24+/m0/s1. The molecule has 5 heteroatoms. The third-order valence-electron chi connectivity index (χ3n) is 4.98. The topological polar surface area (TPSA) is 67.4 Å². The number of hydrogen-bond acceptors (Lipinski definition) is 3. The number of hydrogen-bond donors (Lipinski definition) is 2. The Balaban J connectivity index is 1.69. The molecular formula is C26H28N2O3. The van der Waals surface area contributed by atoms with Crippen molar-refractivity contribution in [2.24, 2.45) is 0 Å². The zero-order valence-electron chi connectivity index (χ0n) is 17.9. The third-order valence-corrected chi connectivity index (χ3v) is 4.98. The zero-order chi connectivity index (χ0) is 22.1. The van der Waals surface area contributed by atoms with Crippen molar-refractivity contribution < 1.29 is 14.3 Å². The number of amides is 2. The number of rotatable bonds is 9. The Labute approximate surface area is 183 Å². The van der Waals surface area contributed by atoms with Crippen LogP contribution in [0.15, 0.2) is 84.9 Å². The van der Waals surface area contributed by atoms with E-state index in [1.807, 2.05) is 86.6 Å². The largest absolute Gasteiger partial charge is 0.494 e. The summed E-state index contributed by atoms with van der Waals surface area (Å²) in [5.74, 6) is 0.426. The summed E-state index contributed by atoms with van der Waals surface area (Å²) in [7, 11) is 0. The van der Waals surface area contributed by atoms with Crippen LogP contribution in [0.25, 0.3) is 0 Å². The Morgan fingerprint density at radius 3 is 2.16 bits per heavy atom. The average Bonchev–Trinajstić information content (AvgIpc) is 2.80. The molecule has 0 bridgehead atoms. The van der Waals surface area contributed by atoms with Crippen molar-refractivity contribution in [1.82, 2.24) is 10.6 Å². The van der Waals surface area contributed by atoms with Crippen molar-refractivity contribution in [3.05, 3.63) is 102 Å². The number of benzene rings is 3. The number of ether oxygens (including phenoxy) is 1. The highest BCUT2D eigenvalue weighted by Gasteiger charge is 2.20. The van der Waals surface area contributed by atoms with Crippen LogP contribution >= 0.6 is 0 Å². The lowest BCUT2D eigenvalue weighted by atomic mass is 10.0. The maximum absolute atomic E-state index is 12.8. The van der Waals surface area contributed by atoms with E-state index in [2.05, 4.69) is 10.6 Å². The second-order valence-electron chi connectivity index (χ2n) is 7.30. The zero-order valence-corrected chi connectivity index (χ0v) is 17.9. The van der Waals surface area contributed by atoms with Gasteiger partial charge in [0, 0.05) is 5.56 Å². The molecule has 3 aromatic rings. The Hall–Kier alpha value is -3.60. The van der Waals surface area contributed by atoms with Crippen LogP contribution in [0.5, 0.6) is 5.75 Å². The molecule has 2 N–H and O–H groups in total. The fourth-order valence-electron chi connectivity index (χ4n) is 3.38. The Morgan fingerprint density at radius 2 is 1.48 bits per heavy atom. The molecule has 0 saturated heterocycles. The predicted molar refractivity (Wildman–Crippen MR) is 122 cm³/mol. The van der Waals surface area contributed by atoms with Crippen molar-refractivity contribution >= 4 is 11.8 Å². The quantitative estimate of drug-likeness (QED) is 0.525. The fourth-order valence-corrected chi connectivity index (χ4v) is 3.38. The van der Waals surface area contributed by atoms with E-state index in [1.165, 1.54) is 0 Å². The first-order chi connectivity index (χ1) is 15.1. The second kappa shape index (κ2) is 11.0. The van der Waals surface area contributed by atoms with Gasteiger partial charge in [-0.1, -0.05) is 60.7 Å². The molecule has 0 heterocycles. The van der Waals surface area contributed by atoms with Crippen LogP contribution in [0, 0.1) is 0 Å². The summed E-state index contributed by atoms with van der Waals surface area (Å²) in [5.41, 5.74) is 2.40. The highest BCUT2D eigenvalue weighted by Crippen LogP contribution is 2.21. The maximum atomic E-state index is 12.8. The van der Waals surface area contributed by atoms with Crippen LogP contribution < -0.4 is 15.4 Å². The summed E-state index contributed by atoms with van der Waals surface area (Å²) in [5, 5.41) is 6.03. The lowest BCUT2D eigenvalue weighted by Crippen LogP contribution is -2.34. The van der Waals surface area contributed by atoms with E-state index in [1.54, 1.807) is 12.1 Å². The predicted octanol–water partition coefficient (Wildman–Crippen LogP) is 4.82. The van der Waals surface area contributed by atoms with E-state index in [-0.39, 0.29) is 24.3 Å². The summed E-state index contributed by atoms with van der Waals surface area (Å²) in [6.45, 7) is 4.46. The van der Waals surface area contributed by atoms with Crippen molar-refractivity contribution in [3.8, 4) is 5.75 Å². The molecule has 3 aromatic carbocycles. The van der Waals surface area contributed by atoms with Crippen LogP contribution in [0.4, 0.5) is 0 Å². The summed E-state index contributed by atoms with van der Waals surface area (Å²) >= 11 is 0. The molecule has 2 atom stereocenters. The van der Waals surface area contributed by atoms with Gasteiger partial charge < -0.3 is 15.4 Å². The van der Waals surface area contributed by atoms with E-state index < -0.39 is 6.04 Å². The van der Waals surface area contributed by atoms with Gasteiger partial charge in [0.15, 0.2) is 0 Å². The molecule has 5 nitrogen and oxygen atoms in total. The smallest absolute Gasteiger partial charge is 0.251 e. The molecule has 0 unspecified atom stereocenters. The van der Waals surface area contributed by atoms with Crippen LogP contribution in [0.3, 0.4) is 0 Å². The van der Waals surface area contributed by atoms with E-state index in [0.29, 0.717) is 12.2 Å². The van der Waals surface area contributed by atoms with E-state index in [0.717, 1.165) is 16.9 Å². The van der Waals surface area contributed by atoms with Gasteiger partial charge in [0.25, 0.3) is 5.91 Å². The summed E-state index contributed by atoms with van der Waals surface area (Å²) in [6, 6.07) is 25.6. The van der Waals surface area contributed by atoms with Crippen molar-refractivity contribution in [2.45, 2.75) is 32.4 Å². The van der Waals surface area contributed by atoms with Gasteiger partial charge in [0.1, 0.15) is 5.75 Å². The molecule has 3 rings (SSSR count). The van der Waals surface area contributed by atoms with Gasteiger partial charge >= 0.3 is 0 Å². The minimum absolute atomic E-state index is 0.137. The SMILES string of the molecule is CCOc1cccc([C@H](C)NC(=O)C[C@@H](NC(=O)c2ccccc2)c2ccccc2)c1. The highest BCUT2D eigenvalue weighted by atomic mass is 16.5. The van der Waals surface area contributed by atoms with Crippen LogP contribution in [-0.4, -0.2) is 18.4 Å². The molecule has 160 valence electrons. The molecule has 0 fully saturated rings. The third kappa shape index (κ3) is 6.44. The lowest BCUT2D eigenvalue weighted by molar-refractivity contribution is -0.122. The maximum Gasteiger partial charge on any atom is 0.251 e. The molecule has 31 heavy (non-hydrogen) atoms. The molecule has 0 aliphatic carbocycles. The van der Waals surface area contributed by atoms with Gasteiger partial charge in [0.2, 0.25) is 5.91 Å². The van der Waals surface area contributed by atoms with Crippen LogP contribution in [0.1, 0.15) is 53.8 Å². The normalized spacial score (nSPS) is 12.5. The van der Waals surface area contributed by atoms with Gasteiger partial charge in [0.05, 0.1) is 25.1 Å². The van der Waals surface area contributed by atoms with Crippen LogP contribution in [0.2, 0.25) is 0 Å². The van der Waals surface area contributed by atoms with Gasteiger partial charge in [-0.2, -0.15) is 0 Å².